The highest BCUT2D eigenvalue weighted by molar-refractivity contribution is 5.86. The van der Waals surface area contributed by atoms with Crippen molar-refractivity contribution >= 4 is 11.9 Å². The second-order valence-corrected chi connectivity index (χ2v) is 13.0. The van der Waals surface area contributed by atoms with E-state index in [-0.39, 0.29) is 28.7 Å². The standard InChI is InChI=1S/C27H40O5/c1-15(28)31-17-13-20-26(5)11-8-18-24(2,3)9-7-10-25(18,4)19(26)14-21(29)27(20,6)23-16(17)12-22(30)32-23/h12,17-21,23,29H,7-11,13-14H2,1-6H3/t17-,18?,19+,20-,21+,23-,25-,26+,27+/m0/s1. The van der Waals surface area contributed by atoms with Gasteiger partial charge in [-0.15, -0.1) is 0 Å². The van der Waals surface area contributed by atoms with Crippen molar-refractivity contribution in [3.8, 4) is 0 Å². The van der Waals surface area contributed by atoms with E-state index in [0.29, 0.717) is 23.7 Å². The molecule has 1 unspecified atom stereocenters. The van der Waals surface area contributed by atoms with Gasteiger partial charge in [-0.2, -0.15) is 0 Å². The summed E-state index contributed by atoms with van der Waals surface area (Å²) >= 11 is 0. The predicted molar refractivity (Wildman–Crippen MR) is 120 cm³/mol. The van der Waals surface area contributed by atoms with Crippen LogP contribution in [-0.2, 0) is 19.1 Å². The van der Waals surface area contributed by atoms with E-state index in [0.717, 1.165) is 18.4 Å². The molecule has 5 nitrogen and oxygen atoms in total. The molecule has 0 aromatic rings. The maximum atomic E-state index is 12.3. The quantitative estimate of drug-likeness (QED) is 0.588. The van der Waals surface area contributed by atoms with Gasteiger partial charge in [0.05, 0.1) is 6.10 Å². The summed E-state index contributed by atoms with van der Waals surface area (Å²) in [6.45, 7) is 13.3. The summed E-state index contributed by atoms with van der Waals surface area (Å²) < 4.78 is 11.6. The maximum Gasteiger partial charge on any atom is 0.331 e. The van der Waals surface area contributed by atoms with Crippen molar-refractivity contribution in [2.45, 2.75) is 105 Å². The minimum Gasteiger partial charge on any atom is -0.458 e. The SMILES string of the molecule is CC(=O)O[C@H]1C[C@H]2[C@]3(C)CCC4C(C)(C)CCC[C@]4(C)[C@H]3C[C@@H](O)[C@]2(C)[C@H]2OC(=O)C=C12. The average molecular weight is 445 g/mol. The van der Waals surface area contributed by atoms with E-state index in [1.807, 2.05) is 0 Å². The molecule has 0 aromatic heterocycles. The summed E-state index contributed by atoms with van der Waals surface area (Å²) in [4.78, 5) is 24.3. The van der Waals surface area contributed by atoms with E-state index < -0.39 is 23.7 Å². The highest BCUT2D eigenvalue weighted by Gasteiger charge is 2.70. The molecule has 1 N–H and O–H groups in total. The van der Waals surface area contributed by atoms with Gasteiger partial charge in [0.15, 0.2) is 0 Å². The van der Waals surface area contributed by atoms with Gasteiger partial charge in [0.1, 0.15) is 12.2 Å². The summed E-state index contributed by atoms with van der Waals surface area (Å²) in [5.74, 6) is 0.463. The fraction of sp³-hybridized carbons (Fsp3) is 0.852. The Kier molecular flexibility index (Phi) is 4.79. The number of fused-ring (bicyclic) bond motifs is 7. The Morgan fingerprint density at radius 1 is 1.03 bits per heavy atom. The van der Waals surface area contributed by atoms with E-state index in [2.05, 4.69) is 34.6 Å². The van der Waals surface area contributed by atoms with Gasteiger partial charge in [0.25, 0.3) is 0 Å². The first kappa shape index (κ1) is 22.4. The van der Waals surface area contributed by atoms with Crippen LogP contribution in [0.1, 0.15) is 86.5 Å². The topological polar surface area (TPSA) is 72.8 Å². The summed E-state index contributed by atoms with van der Waals surface area (Å²) in [6.07, 6.45) is 7.45. The number of carbonyl (C=O) groups excluding carboxylic acids is 2. The summed E-state index contributed by atoms with van der Waals surface area (Å²) in [7, 11) is 0. The molecule has 0 radical (unpaired) electrons. The number of aliphatic hydroxyl groups excluding tert-OH is 1. The molecule has 0 aromatic carbocycles. The van der Waals surface area contributed by atoms with Crippen molar-refractivity contribution in [3.05, 3.63) is 11.6 Å². The summed E-state index contributed by atoms with van der Waals surface area (Å²) in [6, 6.07) is 0. The third-order valence-electron chi connectivity index (χ3n) is 11.1. The fourth-order valence-corrected chi connectivity index (χ4v) is 9.79. The molecule has 4 aliphatic carbocycles. The number of ether oxygens (including phenoxy) is 2. The third-order valence-corrected chi connectivity index (χ3v) is 11.1. The van der Waals surface area contributed by atoms with Crippen LogP contribution in [-0.4, -0.2) is 35.4 Å². The Labute approximate surface area is 192 Å². The lowest BCUT2D eigenvalue weighted by Crippen LogP contribution is -2.69. The lowest BCUT2D eigenvalue weighted by atomic mass is 9.35. The molecule has 0 amide bonds. The van der Waals surface area contributed by atoms with Crippen LogP contribution in [0.25, 0.3) is 0 Å². The van der Waals surface area contributed by atoms with Gasteiger partial charge in [-0.05, 0) is 72.5 Å². The van der Waals surface area contributed by atoms with Crippen LogP contribution in [0.5, 0.6) is 0 Å². The zero-order valence-electron chi connectivity index (χ0n) is 20.6. The number of hydrogen-bond acceptors (Lipinski definition) is 5. The largest absolute Gasteiger partial charge is 0.458 e. The zero-order chi connectivity index (χ0) is 23.3. The molecule has 0 bridgehead atoms. The Hall–Kier alpha value is -1.36. The number of hydrogen-bond donors (Lipinski definition) is 1. The number of carbonyl (C=O) groups is 2. The highest BCUT2D eigenvalue weighted by atomic mass is 16.6. The molecule has 4 saturated carbocycles. The van der Waals surface area contributed by atoms with Crippen LogP contribution >= 0.6 is 0 Å². The molecule has 4 fully saturated rings. The summed E-state index contributed by atoms with van der Waals surface area (Å²) in [5, 5.41) is 11.7. The van der Waals surface area contributed by atoms with Gasteiger partial charge in [0, 0.05) is 24.0 Å². The van der Waals surface area contributed by atoms with Crippen molar-refractivity contribution < 1.29 is 24.2 Å². The molecule has 0 saturated heterocycles. The van der Waals surface area contributed by atoms with E-state index in [1.54, 1.807) is 0 Å². The molecule has 5 heteroatoms. The normalized spacial score (nSPS) is 51.3. The Bertz CT molecular complexity index is 875. The van der Waals surface area contributed by atoms with E-state index in [9.17, 15) is 14.7 Å². The van der Waals surface area contributed by atoms with Crippen molar-refractivity contribution in [1.82, 2.24) is 0 Å². The van der Waals surface area contributed by atoms with Crippen LogP contribution in [0, 0.1) is 39.4 Å². The molecule has 5 rings (SSSR count). The first-order valence-electron chi connectivity index (χ1n) is 12.6. The highest BCUT2D eigenvalue weighted by Crippen LogP contribution is 2.73. The van der Waals surface area contributed by atoms with Crippen molar-refractivity contribution in [3.63, 3.8) is 0 Å². The molecule has 178 valence electrons. The van der Waals surface area contributed by atoms with Gasteiger partial charge in [-0.25, -0.2) is 4.79 Å². The second kappa shape index (κ2) is 6.84. The second-order valence-electron chi connectivity index (χ2n) is 13.0. The average Bonchev–Trinajstić information content (AvgIpc) is 3.08. The Balaban J connectivity index is 1.59. The molecule has 1 heterocycles. The van der Waals surface area contributed by atoms with Crippen LogP contribution < -0.4 is 0 Å². The zero-order valence-corrected chi connectivity index (χ0v) is 20.6. The van der Waals surface area contributed by atoms with Crippen LogP contribution in [0.15, 0.2) is 11.6 Å². The number of rotatable bonds is 1. The van der Waals surface area contributed by atoms with Crippen LogP contribution in [0.2, 0.25) is 0 Å². The molecule has 5 aliphatic rings. The predicted octanol–water partition coefficient (Wildman–Crippen LogP) is 4.81. The minimum atomic E-state index is -0.562. The molecule has 0 spiro atoms. The lowest BCUT2D eigenvalue weighted by Gasteiger charge is -2.70. The fourth-order valence-electron chi connectivity index (χ4n) is 9.79. The molecular weight excluding hydrogens is 404 g/mol. The van der Waals surface area contributed by atoms with Crippen molar-refractivity contribution in [1.29, 1.82) is 0 Å². The number of esters is 2. The van der Waals surface area contributed by atoms with Gasteiger partial charge in [-0.3, -0.25) is 4.79 Å². The van der Waals surface area contributed by atoms with Crippen molar-refractivity contribution in [2.24, 2.45) is 39.4 Å². The Morgan fingerprint density at radius 2 is 1.72 bits per heavy atom. The summed E-state index contributed by atoms with van der Waals surface area (Å²) in [5.41, 5.74) is 0.697. The monoisotopic (exact) mass is 444 g/mol. The molecular formula is C27H40O5. The van der Waals surface area contributed by atoms with Crippen molar-refractivity contribution in [2.75, 3.05) is 0 Å². The van der Waals surface area contributed by atoms with Gasteiger partial charge in [0.2, 0.25) is 0 Å². The third kappa shape index (κ3) is 2.78. The Morgan fingerprint density at radius 3 is 2.41 bits per heavy atom. The molecule has 9 atom stereocenters. The van der Waals surface area contributed by atoms with E-state index in [1.165, 1.54) is 38.7 Å². The molecule has 32 heavy (non-hydrogen) atoms. The van der Waals surface area contributed by atoms with E-state index in [4.69, 9.17) is 9.47 Å². The lowest BCUT2D eigenvalue weighted by molar-refractivity contribution is -0.254. The van der Waals surface area contributed by atoms with Crippen LogP contribution in [0.3, 0.4) is 0 Å². The number of aliphatic hydroxyl groups is 1. The van der Waals surface area contributed by atoms with Gasteiger partial charge in [-0.1, -0.05) is 41.0 Å². The smallest absolute Gasteiger partial charge is 0.331 e. The minimum absolute atomic E-state index is 0.00553. The van der Waals surface area contributed by atoms with Crippen LogP contribution in [0.4, 0.5) is 0 Å². The molecule has 1 aliphatic heterocycles. The first-order chi connectivity index (χ1) is 14.8. The van der Waals surface area contributed by atoms with Gasteiger partial charge < -0.3 is 14.6 Å². The first-order valence-corrected chi connectivity index (χ1v) is 12.6. The van der Waals surface area contributed by atoms with Gasteiger partial charge >= 0.3 is 11.9 Å². The maximum absolute atomic E-state index is 12.3. The van der Waals surface area contributed by atoms with E-state index >= 15 is 0 Å².